The van der Waals surface area contributed by atoms with Crippen LogP contribution in [0.4, 0.5) is 11.4 Å². The number of carbonyl (C=O) groups is 2. The van der Waals surface area contributed by atoms with Gasteiger partial charge in [-0.3, -0.25) is 14.9 Å². The van der Waals surface area contributed by atoms with Crippen LogP contribution in [-0.4, -0.2) is 74.4 Å². The molecule has 0 spiro atoms. The molecule has 2 fully saturated rings. The molecule has 1 saturated carbocycles. The van der Waals surface area contributed by atoms with E-state index in [2.05, 4.69) is 0 Å². The predicted molar refractivity (Wildman–Crippen MR) is 114 cm³/mol. The van der Waals surface area contributed by atoms with Crippen LogP contribution in [0.5, 0.6) is 0 Å². The van der Waals surface area contributed by atoms with E-state index < -0.39 is 39.3 Å². The molecule has 1 atom stereocenters. The Balaban J connectivity index is 1.71. The quantitative estimate of drug-likeness (QED) is 0.347. The van der Waals surface area contributed by atoms with Gasteiger partial charge in [-0.1, -0.05) is 12.8 Å². The van der Waals surface area contributed by atoms with Crippen molar-refractivity contribution in [3.05, 3.63) is 33.9 Å². The van der Waals surface area contributed by atoms with Crippen molar-refractivity contribution < 1.29 is 27.7 Å². The number of hydrogen-bond acceptors (Lipinski definition) is 8. The summed E-state index contributed by atoms with van der Waals surface area (Å²) in [6.07, 6.45) is 3.92. The Morgan fingerprint density at radius 3 is 2.39 bits per heavy atom. The Hall–Kier alpha value is -2.69. The first-order valence-corrected chi connectivity index (χ1v) is 12.1. The van der Waals surface area contributed by atoms with Crippen LogP contribution in [0.2, 0.25) is 0 Å². The molecule has 10 nitrogen and oxygen atoms in total. The van der Waals surface area contributed by atoms with E-state index >= 15 is 0 Å². The average molecular weight is 454 g/mol. The fraction of sp³-hybridized carbons (Fsp3) is 0.600. The van der Waals surface area contributed by atoms with Crippen LogP contribution in [-0.2, 0) is 19.4 Å². The molecule has 1 aliphatic heterocycles. The van der Waals surface area contributed by atoms with E-state index in [1.54, 1.807) is 23.9 Å². The molecule has 0 bridgehead atoms. The molecule has 0 N–H and O–H groups in total. The van der Waals surface area contributed by atoms with E-state index in [0.29, 0.717) is 12.1 Å². The zero-order chi connectivity index (χ0) is 22.8. The number of hydrogen-bond donors (Lipinski definition) is 0. The smallest absolute Gasteiger partial charge is 0.338 e. The molecule has 1 unspecified atom stereocenters. The zero-order valence-electron chi connectivity index (χ0n) is 17.7. The highest BCUT2D eigenvalue weighted by Crippen LogP contribution is 2.30. The molecule has 1 heterocycles. The molecule has 1 aromatic rings. The summed E-state index contributed by atoms with van der Waals surface area (Å²) >= 11 is 0. The topological polar surface area (TPSA) is 127 Å². The second-order valence-electron chi connectivity index (χ2n) is 8.23. The van der Waals surface area contributed by atoms with Crippen LogP contribution in [0.1, 0.15) is 42.5 Å². The van der Waals surface area contributed by atoms with Gasteiger partial charge in [-0.25, -0.2) is 13.2 Å². The van der Waals surface area contributed by atoms with E-state index in [0.717, 1.165) is 31.7 Å². The normalized spacial score (nSPS) is 20.4. The maximum Gasteiger partial charge on any atom is 0.338 e. The van der Waals surface area contributed by atoms with Crippen molar-refractivity contribution in [1.82, 2.24) is 4.90 Å². The highest BCUT2D eigenvalue weighted by atomic mass is 32.2. The molecule has 170 valence electrons. The number of nitro benzene ring substituents is 1. The zero-order valence-corrected chi connectivity index (χ0v) is 18.5. The van der Waals surface area contributed by atoms with Gasteiger partial charge in [0.25, 0.3) is 11.6 Å². The molecular weight excluding hydrogens is 426 g/mol. The summed E-state index contributed by atoms with van der Waals surface area (Å²) in [5.41, 5.74) is 0.0722. The lowest BCUT2D eigenvalue weighted by Gasteiger charge is -2.33. The van der Waals surface area contributed by atoms with Crippen LogP contribution in [0, 0.1) is 10.1 Å². The van der Waals surface area contributed by atoms with Crippen molar-refractivity contribution in [1.29, 1.82) is 0 Å². The van der Waals surface area contributed by atoms with Crippen LogP contribution in [0.25, 0.3) is 0 Å². The largest absolute Gasteiger partial charge is 0.452 e. The number of esters is 1. The van der Waals surface area contributed by atoms with Crippen molar-refractivity contribution in [2.75, 3.05) is 37.1 Å². The van der Waals surface area contributed by atoms with E-state index in [1.165, 1.54) is 12.1 Å². The van der Waals surface area contributed by atoms with Crippen molar-refractivity contribution in [3.63, 3.8) is 0 Å². The van der Waals surface area contributed by atoms with Crippen LogP contribution in [0.15, 0.2) is 18.2 Å². The molecule has 11 heteroatoms. The van der Waals surface area contributed by atoms with Gasteiger partial charge >= 0.3 is 5.97 Å². The molecule has 1 aliphatic carbocycles. The van der Waals surface area contributed by atoms with Crippen LogP contribution < -0.4 is 4.90 Å². The summed E-state index contributed by atoms with van der Waals surface area (Å²) in [7, 11) is 0.134. The van der Waals surface area contributed by atoms with Gasteiger partial charge in [0.1, 0.15) is 5.69 Å². The number of carbonyl (C=O) groups excluding carboxylic acids is 2. The van der Waals surface area contributed by atoms with Gasteiger partial charge in [0.15, 0.2) is 16.4 Å². The van der Waals surface area contributed by atoms with Gasteiger partial charge < -0.3 is 14.5 Å². The molecule has 1 amide bonds. The van der Waals surface area contributed by atoms with E-state index in [4.69, 9.17) is 4.74 Å². The number of nitrogens with zero attached hydrogens (tertiary/aromatic N) is 3. The molecular formula is C20H27N3O7S. The van der Waals surface area contributed by atoms with Gasteiger partial charge in [-0.2, -0.15) is 0 Å². The Bertz CT molecular complexity index is 971. The second kappa shape index (κ2) is 9.21. The van der Waals surface area contributed by atoms with Gasteiger partial charge in [-0.05, 0) is 31.4 Å². The predicted octanol–water partition coefficient (Wildman–Crippen LogP) is 1.78. The summed E-state index contributed by atoms with van der Waals surface area (Å²) in [4.78, 5) is 39.3. The van der Waals surface area contributed by atoms with Crippen LogP contribution >= 0.6 is 0 Å². The molecule has 0 radical (unpaired) electrons. The third kappa shape index (κ3) is 5.33. The van der Waals surface area contributed by atoms with Gasteiger partial charge in [0.2, 0.25) is 0 Å². The second-order valence-corrected chi connectivity index (χ2v) is 10.5. The highest BCUT2D eigenvalue weighted by Gasteiger charge is 2.39. The Labute approximate surface area is 181 Å². The Morgan fingerprint density at radius 2 is 1.84 bits per heavy atom. The molecule has 2 aliphatic rings. The summed E-state index contributed by atoms with van der Waals surface area (Å²) in [5, 5.41) is 11.3. The van der Waals surface area contributed by atoms with E-state index in [-0.39, 0.29) is 28.8 Å². The third-order valence-corrected chi connectivity index (χ3v) is 7.57. The summed E-state index contributed by atoms with van der Waals surface area (Å²) in [5.74, 6) is -1.29. The molecule has 0 aromatic heterocycles. The fourth-order valence-corrected chi connectivity index (χ4v) is 6.05. The minimum atomic E-state index is -3.17. The van der Waals surface area contributed by atoms with E-state index in [9.17, 15) is 28.1 Å². The number of anilines is 1. The molecule has 3 rings (SSSR count). The number of ether oxygens (including phenoxy) is 1. The highest BCUT2D eigenvalue weighted by molar-refractivity contribution is 7.91. The summed E-state index contributed by atoms with van der Waals surface area (Å²) < 4.78 is 29.0. The van der Waals surface area contributed by atoms with Gasteiger partial charge in [0.05, 0.1) is 22.0 Å². The SMILES string of the molecule is CN(C)c1ccc(C(=O)OCC(=O)N(C2CCCC2)C2CCS(=O)(=O)C2)cc1[N+](=O)[O-]. The summed E-state index contributed by atoms with van der Waals surface area (Å²) in [6, 6.07) is 3.53. The maximum atomic E-state index is 12.9. The minimum Gasteiger partial charge on any atom is -0.452 e. The Kier molecular flexibility index (Phi) is 6.83. The van der Waals surface area contributed by atoms with Crippen LogP contribution in [0.3, 0.4) is 0 Å². The molecule has 1 saturated heterocycles. The minimum absolute atomic E-state index is 0.0269. The van der Waals surface area contributed by atoms with E-state index in [1.807, 2.05) is 0 Å². The number of amides is 1. The fourth-order valence-electron chi connectivity index (χ4n) is 4.34. The Morgan fingerprint density at radius 1 is 1.16 bits per heavy atom. The van der Waals surface area contributed by atoms with Crippen molar-refractivity contribution >= 4 is 33.1 Å². The van der Waals surface area contributed by atoms with Crippen molar-refractivity contribution in [2.24, 2.45) is 0 Å². The maximum absolute atomic E-state index is 12.9. The van der Waals surface area contributed by atoms with Crippen molar-refractivity contribution in [3.8, 4) is 0 Å². The third-order valence-electron chi connectivity index (χ3n) is 5.82. The van der Waals surface area contributed by atoms with Gasteiger partial charge in [-0.15, -0.1) is 0 Å². The lowest BCUT2D eigenvalue weighted by molar-refractivity contribution is -0.384. The summed E-state index contributed by atoms with van der Waals surface area (Å²) in [6.45, 7) is -0.533. The molecule has 31 heavy (non-hydrogen) atoms. The first-order chi connectivity index (χ1) is 14.6. The lowest BCUT2D eigenvalue weighted by Crippen LogP contribution is -2.48. The van der Waals surface area contributed by atoms with Crippen molar-refractivity contribution in [2.45, 2.75) is 44.2 Å². The first-order valence-electron chi connectivity index (χ1n) is 10.2. The number of nitro groups is 1. The molecule has 1 aromatic carbocycles. The first kappa shape index (κ1) is 23.0. The standard InChI is InChI=1S/C20H27N3O7S/c1-21(2)17-8-7-14(11-18(17)23(26)27)20(25)30-12-19(24)22(15-5-3-4-6-15)16-9-10-31(28,29)13-16/h7-8,11,15-16H,3-6,9-10,12-13H2,1-2H3. The number of rotatable bonds is 7. The number of sulfone groups is 1. The number of benzene rings is 1. The lowest BCUT2D eigenvalue weighted by atomic mass is 10.1. The average Bonchev–Trinajstić information content (AvgIpc) is 3.35. The van der Waals surface area contributed by atoms with Gasteiger partial charge in [0, 0.05) is 32.2 Å². The monoisotopic (exact) mass is 453 g/mol.